The zero-order chi connectivity index (χ0) is 12.1. The molecule has 0 aliphatic heterocycles. The Morgan fingerprint density at radius 2 is 1.94 bits per heavy atom. The average molecular weight is 228 g/mol. The molecule has 0 saturated carbocycles. The maximum atomic E-state index is 13.0. The topological polar surface area (TPSA) is 26.3 Å². The van der Waals surface area contributed by atoms with Crippen molar-refractivity contribution < 1.29 is 22.7 Å². The maximum absolute atomic E-state index is 13.0. The number of rotatable bonds is 1. The number of hydrogen-bond acceptors (Lipinski definition) is 2. The molecule has 1 aromatic carbocycles. The SMILES string of the molecule is CCOC(=O)C#Cc1c(F)ccc(F)c1F. The third-order valence-corrected chi connectivity index (χ3v) is 1.61. The molecular formula is C11H7F3O2. The van der Waals surface area contributed by atoms with Crippen LogP contribution in [0.5, 0.6) is 0 Å². The van der Waals surface area contributed by atoms with E-state index in [2.05, 4.69) is 4.74 Å². The van der Waals surface area contributed by atoms with Crippen molar-refractivity contribution in [1.82, 2.24) is 0 Å². The van der Waals surface area contributed by atoms with Crippen LogP contribution in [-0.2, 0) is 9.53 Å². The summed E-state index contributed by atoms with van der Waals surface area (Å²) in [4.78, 5) is 10.8. The summed E-state index contributed by atoms with van der Waals surface area (Å²) in [5, 5.41) is 0. The molecule has 0 amide bonds. The summed E-state index contributed by atoms with van der Waals surface area (Å²) in [6, 6.07) is 1.37. The highest BCUT2D eigenvalue weighted by atomic mass is 19.2. The maximum Gasteiger partial charge on any atom is 0.384 e. The van der Waals surface area contributed by atoms with E-state index in [9.17, 15) is 18.0 Å². The first-order valence-corrected chi connectivity index (χ1v) is 4.38. The van der Waals surface area contributed by atoms with Gasteiger partial charge in [-0.2, -0.15) is 0 Å². The Labute approximate surface area is 90.0 Å². The van der Waals surface area contributed by atoms with E-state index in [1.807, 2.05) is 11.8 Å². The standard InChI is InChI=1S/C11H7F3O2/c1-2-16-10(15)6-3-7-8(12)4-5-9(13)11(7)14/h4-5H,2H2,1H3. The fraction of sp³-hybridized carbons (Fsp3) is 0.182. The second-order valence-corrected chi connectivity index (χ2v) is 2.69. The molecule has 0 N–H and O–H groups in total. The smallest absolute Gasteiger partial charge is 0.384 e. The van der Waals surface area contributed by atoms with Crippen molar-refractivity contribution in [2.75, 3.05) is 6.61 Å². The van der Waals surface area contributed by atoms with Crippen molar-refractivity contribution in [3.63, 3.8) is 0 Å². The summed E-state index contributed by atoms with van der Waals surface area (Å²) in [5.74, 6) is -0.861. The lowest BCUT2D eigenvalue weighted by atomic mass is 10.2. The molecule has 0 bridgehead atoms. The molecule has 2 nitrogen and oxygen atoms in total. The lowest BCUT2D eigenvalue weighted by Crippen LogP contribution is -2.01. The van der Waals surface area contributed by atoms with E-state index in [-0.39, 0.29) is 6.61 Å². The second-order valence-electron chi connectivity index (χ2n) is 2.69. The van der Waals surface area contributed by atoms with Gasteiger partial charge in [-0.3, -0.25) is 0 Å². The van der Waals surface area contributed by atoms with E-state index >= 15 is 0 Å². The number of carbonyl (C=O) groups is 1. The summed E-state index contributed by atoms with van der Waals surface area (Å²) in [5.41, 5.74) is -0.784. The van der Waals surface area contributed by atoms with Gasteiger partial charge in [-0.15, -0.1) is 0 Å². The summed E-state index contributed by atoms with van der Waals surface area (Å²) in [7, 11) is 0. The third-order valence-electron chi connectivity index (χ3n) is 1.61. The van der Waals surface area contributed by atoms with E-state index in [0.717, 1.165) is 6.07 Å². The number of halogens is 3. The fourth-order valence-electron chi connectivity index (χ4n) is 0.922. The summed E-state index contributed by atoms with van der Waals surface area (Å²) in [6.45, 7) is 1.66. The third kappa shape index (κ3) is 2.76. The highest BCUT2D eigenvalue weighted by Gasteiger charge is 2.11. The van der Waals surface area contributed by atoms with Crippen molar-refractivity contribution in [3.8, 4) is 11.8 Å². The quantitative estimate of drug-likeness (QED) is 0.417. The highest BCUT2D eigenvalue weighted by Crippen LogP contribution is 2.14. The van der Waals surface area contributed by atoms with Crippen LogP contribution < -0.4 is 0 Å². The Morgan fingerprint density at radius 1 is 1.31 bits per heavy atom. The van der Waals surface area contributed by atoms with Crippen LogP contribution in [0, 0.1) is 29.3 Å². The minimum Gasteiger partial charge on any atom is -0.456 e. The Morgan fingerprint density at radius 3 is 2.56 bits per heavy atom. The van der Waals surface area contributed by atoms with Crippen LogP contribution in [0.2, 0.25) is 0 Å². The average Bonchev–Trinajstić information content (AvgIpc) is 2.24. The van der Waals surface area contributed by atoms with Crippen LogP contribution in [0.4, 0.5) is 13.2 Å². The molecule has 0 aromatic heterocycles. The molecule has 84 valence electrons. The molecule has 0 fully saturated rings. The molecule has 0 radical (unpaired) electrons. The molecular weight excluding hydrogens is 221 g/mol. The van der Waals surface area contributed by atoms with E-state index in [1.165, 1.54) is 0 Å². The van der Waals surface area contributed by atoms with E-state index in [1.54, 1.807) is 6.92 Å². The normalized spacial score (nSPS) is 9.25. The molecule has 0 atom stereocenters. The van der Waals surface area contributed by atoms with Crippen molar-refractivity contribution >= 4 is 5.97 Å². The number of carbonyl (C=O) groups excluding carboxylic acids is 1. The van der Waals surface area contributed by atoms with Crippen LogP contribution in [0.3, 0.4) is 0 Å². The molecule has 0 saturated heterocycles. The number of benzene rings is 1. The Bertz CT molecular complexity index is 472. The van der Waals surface area contributed by atoms with Crippen LogP contribution in [0.1, 0.15) is 12.5 Å². The lowest BCUT2D eigenvalue weighted by molar-refractivity contribution is -0.136. The highest BCUT2D eigenvalue weighted by molar-refractivity contribution is 5.89. The molecule has 0 aliphatic rings. The van der Waals surface area contributed by atoms with Crippen molar-refractivity contribution in [1.29, 1.82) is 0 Å². The molecule has 1 rings (SSSR count). The second kappa shape index (κ2) is 5.21. The van der Waals surface area contributed by atoms with Gasteiger partial charge in [-0.25, -0.2) is 18.0 Å². The first kappa shape index (κ1) is 12.1. The van der Waals surface area contributed by atoms with Gasteiger partial charge in [-0.05, 0) is 25.0 Å². The molecule has 0 unspecified atom stereocenters. The minimum atomic E-state index is -1.42. The predicted octanol–water partition coefficient (Wildman–Crippen LogP) is 2.02. The van der Waals surface area contributed by atoms with E-state index in [0.29, 0.717) is 6.07 Å². The van der Waals surface area contributed by atoms with Gasteiger partial charge in [0.1, 0.15) is 5.82 Å². The lowest BCUT2D eigenvalue weighted by Gasteiger charge is -1.97. The van der Waals surface area contributed by atoms with E-state index in [4.69, 9.17) is 0 Å². The van der Waals surface area contributed by atoms with Crippen LogP contribution in [-0.4, -0.2) is 12.6 Å². The van der Waals surface area contributed by atoms with Gasteiger partial charge in [0.05, 0.1) is 12.2 Å². The van der Waals surface area contributed by atoms with Gasteiger partial charge in [-0.1, -0.05) is 0 Å². The first-order chi connectivity index (χ1) is 7.56. The molecule has 1 aromatic rings. The van der Waals surface area contributed by atoms with Gasteiger partial charge >= 0.3 is 5.97 Å². The Kier molecular flexibility index (Phi) is 3.95. The molecule has 5 heteroatoms. The molecule has 0 heterocycles. The predicted molar refractivity (Wildman–Crippen MR) is 49.8 cm³/mol. The van der Waals surface area contributed by atoms with Gasteiger partial charge < -0.3 is 4.74 Å². The summed E-state index contributed by atoms with van der Waals surface area (Å²) < 4.78 is 43.2. The number of hydrogen-bond donors (Lipinski definition) is 0. The zero-order valence-electron chi connectivity index (χ0n) is 8.31. The van der Waals surface area contributed by atoms with Crippen molar-refractivity contribution in [3.05, 3.63) is 35.1 Å². The van der Waals surface area contributed by atoms with Crippen LogP contribution in [0.15, 0.2) is 12.1 Å². The monoisotopic (exact) mass is 228 g/mol. The minimum absolute atomic E-state index is 0.0988. The Balaban J connectivity index is 3.05. The van der Waals surface area contributed by atoms with Gasteiger partial charge in [0, 0.05) is 5.92 Å². The van der Waals surface area contributed by atoms with Crippen LogP contribution in [0.25, 0.3) is 0 Å². The van der Waals surface area contributed by atoms with Gasteiger partial charge in [0.2, 0.25) is 0 Å². The molecule has 0 spiro atoms. The fourth-order valence-corrected chi connectivity index (χ4v) is 0.922. The molecule has 16 heavy (non-hydrogen) atoms. The van der Waals surface area contributed by atoms with Crippen LogP contribution >= 0.6 is 0 Å². The summed E-state index contributed by atoms with van der Waals surface area (Å²) >= 11 is 0. The number of ether oxygens (including phenoxy) is 1. The molecule has 0 aliphatic carbocycles. The number of esters is 1. The van der Waals surface area contributed by atoms with Crippen molar-refractivity contribution in [2.45, 2.75) is 6.92 Å². The zero-order valence-corrected chi connectivity index (χ0v) is 8.31. The summed E-state index contributed by atoms with van der Waals surface area (Å²) in [6.07, 6.45) is 0. The van der Waals surface area contributed by atoms with E-state index < -0.39 is 29.0 Å². The first-order valence-electron chi connectivity index (χ1n) is 4.38. The van der Waals surface area contributed by atoms with Gasteiger partial charge in [0.15, 0.2) is 11.6 Å². The Hall–Kier alpha value is -1.96. The largest absolute Gasteiger partial charge is 0.456 e. The van der Waals surface area contributed by atoms with Crippen molar-refractivity contribution in [2.24, 2.45) is 0 Å². The van der Waals surface area contributed by atoms with Gasteiger partial charge in [0.25, 0.3) is 0 Å².